The van der Waals surface area contributed by atoms with Crippen molar-refractivity contribution in [2.45, 2.75) is 25.4 Å². The highest BCUT2D eigenvalue weighted by Gasteiger charge is 2.24. The maximum Gasteiger partial charge on any atom is 0.332 e. The molecular formula is C19H19N5O4. The number of nitrogens with zero attached hydrogens (tertiary/aromatic N) is 4. The summed E-state index contributed by atoms with van der Waals surface area (Å²) in [6.07, 6.45) is 3.25. The van der Waals surface area contributed by atoms with Gasteiger partial charge in [0.15, 0.2) is 11.5 Å². The molecule has 1 N–H and O–H groups in total. The zero-order valence-electron chi connectivity index (χ0n) is 15.5. The number of benzene rings is 1. The Morgan fingerprint density at radius 2 is 1.96 bits per heavy atom. The molecule has 1 fully saturated rings. The number of fused-ring (bicyclic) bond motifs is 1. The molecule has 3 aromatic rings. The molecule has 0 atom stereocenters. The first-order valence-corrected chi connectivity index (χ1v) is 8.88. The normalized spacial score (nSPS) is 13.5. The molecule has 28 heavy (non-hydrogen) atoms. The minimum absolute atomic E-state index is 0.155. The molecule has 1 aliphatic carbocycles. The van der Waals surface area contributed by atoms with Gasteiger partial charge in [0, 0.05) is 24.8 Å². The van der Waals surface area contributed by atoms with Crippen LogP contribution in [0.25, 0.3) is 22.4 Å². The molecule has 1 aliphatic rings. The highest BCUT2D eigenvalue weighted by atomic mass is 16.5. The number of amides is 1. The second-order valence-corrected chi connectivity index (χ2v) is 6.73. The Morgan fingerprint density at radius 3 is 2.61 bits per heavy atom. The van der Waals surface area contributed by atoms with E-state index in [-0.39, 0.29) is 29.5 Å². The van der Waals surface area contributed by atoms with E-state index >= 15 is 0 Å². The Balaban J connectivity index is 1.76. The largest absolute Gasteiger partial charge is 0.497 e. The van der Waals surface area contributed by atoms with Crippen LogP contribution in [0.1, 0.15) is 12.8 Å². The van der Waals surface area contributed by atoms with Crippen molar-refractivity contribution in [2.75, 3.05) is 7.11 Å². The Labute approximate surface area is 159 Å². The molecule has 0 saturated heterocycles. The minimum Gasteiger partial charge on any atom is -0.497 e. The zero-order valence-corrected chi connectivity index (χ0v) is 15.5. The molecule has 2 aromatic heterocycles. The van der Waals surface area contributed by atoms with Crippen molar-refractivity contribution in [3.8, 4) is 17.1 Å². The number of carbonyl (C=O) groups is 1. The van der Waals surface area contributed by atoms with Gasteiger partial charge in [0.05, 0.1) is 7.11 Å². The Hall–Kier alpha value is -3.49. The van der Waals surface area contributed by atoms with Crippen LogP contribution in [0.4, 0.5) is 0 Å². The standard InChI is InChI=1S/C19H19N5O4/c1-23-17-14(9-20-16(22-17)11-3-7-13(28-2)8-4-11)18(26)24(19(23)27)10-15(25)21-12-5-6-12/h3-4,7-9,12H,5-6,10H2,1-2H3,(H,21,25). The summed E-state index contributed by atoms with van der Waals surface area (Å²) in [6, 6.07) is 7.29. The van der Waals surface area contributed by atoms with E-state index in [2.05, 4.69) is 15.3 Å². The van der Waals surface area contributed by atoms with Gasteiger partial charge in [-0.2, -0.15) is 0 Å². The van der Waals surface area contributed by atoms with Gasteiger partial charge in [-0.3, -0.25) is 18.7 Å². The molecule has 1 saturated carbocycles. The molecule has 1 amide bonds. The summed E-state index contributed by atoms with van der Waals surface area (Å²) in [7, 11) is 3.09. The summed E-state index contributed by atoms with van der Waals surface area (Å²) in [5.41, 5.74) is -0.231. The monoisotopic (exact) mass is 381 g/mol. The van der Waals surface area contributed by atoms with Crippen LogP contribution < -0.4 is 21.3 Å². The summed E-state index contributed by atoms with van der Waals surface area (Å²) < 4.78 is 7.31. The van der Waals surface area contributed by atoms with Gasteiger partial charge in [0.25, 0.3) is 5.56 Å². The molecular weight excluding hydrogens is 362 g/mol. The van der Waals surface area contributed by atoms with Crippen LogP contribution in [0.2, 0.25) is 0 Å². The van der Waals surface area contributed by atoms with Crippen molar-refractivity contribution in [2.24, 2.45) is 7.05 Å². The number of ether oxygens (including phenoxy) is 1. The lowest BCUT2D eigenvalue weighted by molar-refractivity contribution is -0.121. The van der Waals surface area contributed by atoms with Crippen molar-refractivity contribution < 1.29 is 9.53 Å². The second-order valence-electron chi connectivity index (χ2n) is 6.73. The van der Waals surface area contributed by atoms with Gasteiger partial charge in [-0.05, 0) is 37.1 Å². The quantitative estimate of drug-likeness (QED) is 0.687. The van der Waals surface area contributed by atoms with E-state index in [0.717, 1.165) is 23.0 Å². The van der Waals surface area contributed by atoms with E-state index in [1.165, 1.54) is 17.8 Å². The Bertz CT molecular complexity index is 1180. The van der Waals surface area contributed by atoms with E-state index in [9.17, 15) is 14.4 Å². The third-order valence-corrected chi connectivity index (χ3v) is 4.67. The van der Waals surface area contributed by atoms with Crippen LogP contribution >= 0.6 is 0 Å². The molecule has 0 unspecified atom stereocenters. The van der Waals surface area contributed by atoms with Gasteiger partial charge in [0.2, 0.25) is 5.91 Å². The van der Waals surface area contributed by atoms with E-state index in [1.54, 1.807) is 31.4 Å². The summed E-state index contributed by atoms with van der Waals surface area (Å²) in [6.45, 7) is -0.321. The number of hydrogen-bond acceptors (Lipinski definition) is 6. The van der Waals surface area contributed by atoms with Crippen LogP contribution in [-0.4, -0.2) is 38.2 Å². The highest BCUT2D eigenvalue weighted by molar-refractivity contribution is 5.78. The van der Waals surface area contributed by atoms with Crippen molar-refractivity contribution in [1.29, 1.82) is 0 Å². The summed E-state index contributed by atoms with van der Waals surface area (Å²) in [5, 5.41) is 2.96. The lowest BCUT2D eigenvalue weighted by Crippen LogP contribution is -2.43. The first kappa shape index (κ1) is 17.9. The smallest absolute Gasteiger partial charge is 0.332 e. The first-order valence-electron chi connectivity index (χ1n) is 8.88. The number of carbonyl (C=O) groups excluding carboxylic acids is 1. The minimum atomic E-state index is -0.595. The third-order valence-electron chi connectivity index (χ3n) is 4.67. The maximum absolute atomic E-state index is 12.7. The molecule has 0 spiro atoms. The van der Waals surface area contributed by atoms with E-state index in [0.29, 0.717) is 11.6 Å². The summed E-state index contributed by atoms with van der Waals surface area (Å²) in [5.74, 6) is 0.731. The second kappa shape index (κ2) is 6.91. The SMILES string of the molecule is COc1ccc(-c2ncc3c(=O)n(CC(=O)NC4CC4)c(=O)n(C)c3n2)cc1. The summed E-state index contributed by atoms with van der Waals surface area (Å²) >= 11 is 0. The number of aromatic nitrogens is 4. The lowest BCUT2D eigenvalue weighted by atomic mass is 10.2. The van der Waals surface area contributed by atoms with Gasteiger partial charge >= 0.3 is 5.69 Å². The number of methoxy groups -OCH3 is 1. The van der Waals surface area contributed by atoms with E-state index in [1.807, 2.05) is 0 Å². The Kier molecular flexibility index (Phi) is 4.42. The number of aryl methyl sites for hydroxylation is 1. The van der Waals surface area contributed by atoms with Crippen LogP contribution in [0.15, 0.2) is 40.1 Å². The molecule has 0 bridgehead atoms. The molecule has 0 aliphatic heterocycles. The fourth-order valence-corrected chi connectivity index (χ4v) is 2.95. The molecule has 0 radical (unpaired) electrons. The van der Waals surface area contributed by atoms with Crippen LogP contribution in [0, 0.1) is 0 Å². The average molecular weight is 381 g/mol. The maximum atomic E-state index is 12.7. The summed E-state index contributed by atoms with van der Waals surface area (Å²) in [4.78, 5) is 46.1. The molecule has 1 aromatic carbocycles. The number of nitrogens with one attached hydrogen (secondary N) is 1. The van der Waals surface area contributed by atoms with Crippen molar-refractivity contribution in [3.05, 3.63) is 51.3 Å². The fourth-order valence-electron chi connectivity index (χ4n) is 2.95. The molecule has 2 heterocycles. The molecule has 4 rings (SSSR count). The van der Waals surface area contributed by atoms with Gasteiger partial charge in [-0.15, -0.1) is 0 Å². The van der Waals surface area contributed by atoms with Crippen molar-refractivity contribution >= 4 is 16.9 Å². The van der Waals surface area contributed by atoms with E-state index in [4.69, 9.17) is 4.74 Å². The van der Waals surface area contributed by atoms with Crippen LogP contribution in [0.5, 0.6) is 5.75 Å². The van der Waals surface area contributed by atoms with E-state index < -0.39 is 11.2 Å². The van der Waals surface area contributed by atoms with Gasteiger partial charge < -0.3 is 10.1 Å². The van der Waals surface area contributed by atoms with Crippen molar-refractivity contribution in [1.82, 2.24) is 24.4 Å². The topological polar surface area (TPSA) is 108 Å². The predicted octanol–water partition coefficient (Wildman–Crippen LogP) is 0.444. The molecule has 9 nitrogen and oxygen atoms in total. The average Bonchev–Trinajstić information content (AvgIpc) is 3.53. The zero-order chi connectivity index (χ0) is 19.8. The van der Waals surface area contributed by atoms with Crippen molar-refractivity contribution in [3.63, 3.8) is 0 Å². The Morgan fingerprint density at radius 1 is 1.25 bits per heavy atom. The first-order chi connectivity index (χ1) is 13.5. The van der Waals surface area contributed by atoms with Gasteiger partial charge in [0.1, 0.15) is 17.7 Å². The van der Waals surface area contributed by atoms with Gasteiger partial charge in [-0.1, -0.05) is 0 Å². The predicted molar refractivity (Wildman–Crippen MR) is 102 cm³/mol. The molecule has 144 valence electrons. The van der Waals surface area contributed by atoms with Gasteiger partial charge in [-0.25, -0.2) is 14.8 Å². The fraction of sp³-hybridized carbons (Fsp3) is 0.316. The van der Waals surface area contributed by atoms with Crippen LogP contribution in [-0.2, 0) is 18.4 Å². The lowest BCUT2D eigenvalue weighted by Gasteiger charge is -2.11. The number of rotatable bonds is 5. The van der Waals surface area contributed by atoms with Crippen LogP contribution in [0.3, 0.4) is 0 Å². The highest BCUT2D eigenvalue weighted by Crippen LogP contribution is 2.20. The third kappa shape index (κ3) is 3.26. The molecule has 9 heteroatoms. The number of hydrogen-bond donors (Lipinski definition) is 1.